The second-order valence-electron chi connectivity index (χ2n) is 5.96. The first-order chi connectivity index (χ1) is 10.5. The summed E-state index contributed by atoms with van der Waals surface area (Å²) in [5.74, 6) is 1.36. The van der Waals surface area contributed by atoms with E-state index in [2.05, 4.69) is 34.0 Å². The Hall–Kier alpha value is -1.88. The molecule has 3 heterocycles. The fourth-order valence-electron chi connectivity index (χ4n) is 2.85. The molecule has 2 aromatic heterocycles. The van der Waals surface area contributed by atoms with Gasteiger partial charge in [0.25, 0.3) is 0 Å². The highest BCUT2D eigenvalue weighted by Crippen LogP contribution is 2.34. The van der Waals surface area contributed by atoms with Gasteiger partial charge >= 0.3 is 0 Å². The number of hydrogen-bond donors (Lipinski definition) is 1. The predicted molar refractivity (Wildman–Crippen MR) is 88.4 cm³/mol. The van der Waals surface area contributed by atoms with Gasteiger partial charge in [-0.05, 0) is 22.9 Å². The lowest BCUT2D eigenvalue weighted by Gasteiger charge is -2.39. The fraction of sp³-hybridized carbons (Fsp3) is 0.438. The summed E-state index contributed by atoms with van der Waals surface area (Å²) in [6.45, 7) is 5.64. The molecule has 1 aliphatic rings. The van der Waals surface area contributed by atoms with Crippen LogP contribution in [0.4, 0.5) is 5.82 Å². The summed E-state index contributed by atoms with van der Waals surface area (Å²) in [6.07, 6.45) is 3.69. The van der Waals surface area contributed by atoms with Crippen molar-refractivity contribution < 1.29 is 4.79 Å². The molecule has 0 unspecified atom stereocenters. The minimum absolute atomic E-state index is 0.0342. The van der Waals surface area contributed by atoms with E-state index in [9.17, 15) is 4.79 Å². The van der Waals surface area contributed by atoms with E-state index in [4.69, 9.17) is 11.6 Å². The third kappa shape index (κ3) is 2.50. The van der Waals surface area contributed by atoms with Crippen molar-refractivity contribution in [3.63, 3.8) is 0 Å². The van der Waals surface area contributed by atoms with Crippen molar-refractivity contribution in [1.29, 1.82) is 0 Å². The van der Waals surface area contributed by atoms with Crippen molar-refractivity contribution >= 4 is 34.1 Å². The molecule has 1 fully saturated rings. The Morgan fingerprint density at radius 1 is 1.32 bits per heavy atom. The zero-order valence-corrected chi connectivity index (χ0v) is 13.7. The topological polar surface area (TPSA) is 58.1 Å². The van der Waals surface area contributed by atoms with E-state index in [-0.39, 0.29) is 11.8 Å². The number of carbonyl (C=O) groups is 1. The molecule has 0 atom stereocenters. The van der Waals surface area contributed by atoms with Gasteiger partial charge in [-0.15, -0.1) is 0 Å². The Morgan fingerprint density at radius 2 is 2.05 bits per heavy atom. The van der Waals surface area contributed by atoms with Gasteiger partial charge in [0.1, 0.15) is 11.0 Å². The third-order valence-corrected chi connectivity index (χ3v) is 4.38. The molecule has 0 radical (unpaired) electrons. The highest BCUT2D eigenvalue weighted by Gasteiger charge is 2.33. The lowest BCUT2D eigenvalue weighted by atomic mass is 9.96. The number of anilines is 1. The molecule has 3 rings (SSSR count). The standard InChI is InChI=1S/C16H19ClN4O/c1-9(2)12-5-20-15(13-6-19-14(17)4-11(12)13)21-7-10(8-21)16(22)18-3/h4-6,9-10H,7-8H2,1-3H3,(H,18,22). The molecule has 0 spiro atoms. The normalized spacial score (nSPS) is 15.2. The van der Waals surface area contributed by atoms with Gasteiger partial charge in [0.2, 0.25) is 5.91 Å². The molecule has 0 aromatic carbocycles. The number of fused-ring (bicyclic) bond motifs is 1. The van der Waals surface area contributed by atoms with Crippen molar-refractivity contribution in [2.45, 2.75) is 19.8 Å². The van der Waals surface area contributed by atoms with Crippen LogP contribution in [-0.4, -0.2) is 36.0 Å². The number of carbonyl (C=O) groups excluding carboxylic acids is 1. The van der Waals surface area contributed by atoms with Crippen LogP contribution < -0.4 is 10.2 Å². The van der Waals surface area contributed by atoms with Gasteiger partial charge in [-0.25, -0.2) is 9.97 Å². The van der Waals surface area contributed by atoms with E-state index < -0.39 is 0 Å². The van der Waals surface area contributed by atoms with Crippen molar-refractivity contribution in [3.05, 3.63) is 29.2 Å². The fourth-order valence-corrected chi connectivity index (χ4v) is 3.01. The Labute approximate surface area is 134 Å². The maximum atomic E-state index is 11.6. The predicted octanol–water partition coefficient (Wildman–Crippen LogP) is 2.59. The average Bonchev–Trinajstić information content (AvgIpc) is 2.44. The number of hydrogen-bond acceptors (Lipinski definition) is 4. The molecule has 1 aliphatic heterocycles. The summed E-state index contributed by atoms with van der Waals surface area (Å²) in [5.41, 5.74) is 1.16. The van der Waals surface area contributed by atoms with Crippen molar-refractivity contribution in [1.82, 2.24) is 15.3 Å². The van der Waals surface area contributed by atoms with Crippen LogP contribution in [0.1, 0.15) is 25.3 Å². The smallest absolute Gasteiger partial charge is 0.226 e. The first kappa shape index (κ1) is 15.0. The van der Waals surface area contributed by atoms with Crippen LogP contribution >= 0.6 is 11.6 Å². The van der Waals surface area contributed by atoms with E-state index in [1.165, 1.54) is 0 Å². The highest BCUT2D eigenvalue weighted by atomic mass is 35.5. The van der Waals surface area contributed by atoms with Crippen molar-refractivity contribution in [3.8, 4) is 0 Å². The van der Waals surface area contributed by atoms with Crippen LogP contribution in [0.2, 0.25) is 5.15 Å². The Kier molecular flexibility index (Phi) is 3.91. The summed E-state index contributed by atoms with van der Waals surface area (Å²) < 4.78 is 0. The van der Waals surface area contributed by atoms with Crippen molar-refractivity contribution in [2.75, 3.05) is 25.0 Å². The zero-order valence-electron chi connectivity index (χ0n) is 12.9. The quantitative estimate of drug-likeness (QED) is 0.884. The molecule has 6 heteroatoms. The van der Waals surface area contributed by atoms with E-state index in [0.717, 1.165) is 22.2 Å². The maximum Gasteiger partial charge on any atom is 0.226 e. The second-order valence-corrected chi connectivity index (χ2v) is 6.35. The van der Waals surface area contributed by atoms with Gasteiger partial charge in [0, 0.05) is 37.9 Å². The maximum absolute atomic E-state index is 11.6. The zero-order chi connectivity index (χ0) is 15.9. The molecular weight excluding hydrogens is 300 g/mol. The van der Waals surface area contributed by atoms with Crippen LogP contribution in [0.15, 0.2) is 18.5 Å². The monoisotopic (exact) mass is 318 g/mol. The number of rotatable bonds is 3. The molecule has 1 amide bonds. The Balaban J connectivity index is 1.99. The molecule has 22 heavy (non-hydrogen) atoms. The first-order valence-corrected chi connectivity index (χ1v) is 7.79. The number of aromatic nitrogens is 2. The van der Waals surface area contributed by atoms with Crippen LogP contribution in [0.3, 0.4) is 0 Å². The molecule has 2 aromatic rings. The number of pyridine rings is 2. The second kappa shape index (κ2) is 5.72. The molecule has 116 valence electrons. The lowest BCUT2D eigenvalue weighted by molar-refractivity contribution is -0.125. The van der Waals surface area contributed by atoms with Crippen LogP contribution in [0, 0.1) is 5.92 Å². The number of halogens is 1. The van der Waals surface area contributed by atoms with E-state index >= 15 is 0 Å². The van der Waals surface area contributed by atoms with E-state index in [1.54, 1.807) is 13.2 Å². The SMILES string of the molecule is CNC(=O)C1CN(c2ncc(C(C)C)c3cc(Cl)ncc23)C1. The lowest BCUT2D eigenvalue weighted by Crippen LogP contribution is -2.53. The highest BCUT2D eigenvalue weighted by molar-refractivity contribution is 6.30. The third-order valence-electron chi connectivity index (χ3n) is 4.17. The summed E-state index contributed by atoms with van der Waals surface area (Å²) in [7, 11) is 1.67. The van der Waals surface area contributed by atoms with E-state index in [1.807, 2.05) is 12.3 Å². The minimum Gasteiger partial charge on any atom is -0.359 e. The Morgan fingerprint density at radius 3 is 2.68 bits per heavy atom. The van der Waals surface area contributed by atoms with Gasteiger partial charge in [0.15, 0.2) is 0 Å². The molecule has 1 saturated heterocycles. The molecule has 0 aliphatic carbocycles. The molecular formula is C16H19ClN4O. The summed E-state index contributed by atoms with van der Waals surface area (Å²) in [6, 6.07) is 1.90. The molecule has 1 N–H and O–H groups in total. The van der Waals surface area contributed by atoms with Gasteiger partial charge in [0.05, 0.1) is 5.92 Å². The van der Waals surface area contributed by atoms with Gasteiger partial charge in [-0.3, -0.25) is 4.79 Å². The van der Waals surface area contributed by atoms with Crippen LogP contribution in [0.5, 0.6) is 0 Å². The van der Waals surface area contributed by atoms with Crippen molar-refractivity contribution in [2.24, 2.45) is 5.92 Å². The summed E-state index contributed by atoms with van der Waals surface area (Å²) >= 11 is 6.06. The average molecular weight is 319 g/mol. The van der Waals surface area contributed by atoms with E-state index in [0.29, 0.717) is 24.2 Å². The minimum atomic E-state index is 0.0342. The largest absolute Gasteiger partial charge is 0.359 e. The molecule has 5 nitrogen and oxygen atoms in total. The Bertz CT molecular complexity index is 725. The van der Waals surface area contributed by atoms with Gasteiger partial charge < -0.3 is 10.2 Å². The molecule has 0 bridgehead atoms. The van der Waals surface area contributed by atoms with Gasteiger partial charge in [-0.1, -0.05) is 25.4 Å². The number of amides is 1. The number of nitrogens with zero attached hydrogens (tertiary/aromatic N) is 3. The van der Waals surface area contributed by atoms with Crippen LogP contribution in [-0.2, 0) is 4.79 Å². The summed E-state index contributed by atoms with van der Waals surface area (Å²) in [4.78, 5) is 22.6. The summed E-state index contributed by atoms with van der Waals surface area (Å²) in [5, 5.41) is 5.25. The first-order valence-electron chi connectivity index (χ1n) is 7.42. The number of nitrogens with one attached hydrogen (secondary N) is 1. The van der Waals surface area contributed by atoms with Crippen LogP contribution in [0.25, 0.3) is 10.8 Å². The molecule has 0 saturated carbocycles. The van der Waals surface area contributed by atoms with Gasteiger partial charge in [-0.2, -0.15) is 0 Å².